The Labute approximate surface area is 70.0 Å². The van der Waals surface area contributed by atoms with Crippen molar-refractivity contribution in [3.05, 3.63) is 0 Å². The number of rotatable bonds is 6. The lowest BCUT2D eigenvalue weighted by molar-refractivity contribution is 0.170. The normalized spacial score (nSPS) is 16.4. The first-order valence-corrected chi connectivity index (χ1v) is 4.58. The largest absolute Gasteiger partial charge is 0.393 e. The number of hydrogen-bond acceptors (Lipinski definition) is 2. The topological polar surface area (TPSA) is 32.3 Å². The molecule has 0 heterocycles. The molecule has 2 atom stereocenters. The third-order valence-corrected chi connectivity index (χ3v) is 1.72. The van der Waals surface area contributed by atoms with Crippen LogP contribution in [-0.2, 0) is 0 Å². The van der Waals surface area contributed by atoms with E-state index in [2.05, 4.69) is 19.2 Å². The highest BCUT2D eigenvalue weighted by molar-refractivity contribution is 4.63. The molecule has 0 aromatic heterocycles. The van der Waals surface area contributed by atoms with Gasteiger partial charge in [-0.15, -0.1) is 0 Å². The summed E-state index contributed by atoms with van der Waals surface area (Å²) in [6.45, 7) is 7.20. The molecule has 68 valence electrons. The van der Waals surface area contributed by atoms with Gasteiger partial charge in [0.2, 0.25) is 0 Å². The van der Waals surface area contributed by atoms with Crippen molar-refractivity contribution in [1.82, 2.24) is 5.32 Å². The number of unbranched alkanes of at least 4 members (excludes halogenated alkanes) is 1. The van der Waals surface area contributed by atoms with Gasteiger partial charge in [0.25, 0.3) is 0 Å². The first kappa shape index (κ1) is 10.9. The van der Waals surface area contributed by atoms with E-state index in [4.69, 9.17) is 5.11 Å². The van der Waals surface area contributed by atoms with Gasteiger partial charge in [-0.25, -0.2) is 0 Å². The minimum absolute atomic E-state index is 0.181. The van der Waals surface area contributed by atoms with Crippen LogP contribution in [0.1, 0.15) is 40.0 Å². The molecule has 0 amide bonds. The van der Waals surface area contributed by atoms with Gasteiger partial charge in [0.15, 0.2) is 0 Å². The van der Waals surface area contributed by atoms with E-state index in [9.17, 15) is 0 Å². The fourth-order valence-electron chi connectivity index (χ4n) is 1.12. The summed E-state index contributed by atoms with van der Waals surface area (Å²) in [6.07, 6.45) is 3.13. The summed E-state index contributed by atoms with van der Waals surface area (Å²) in [7, 11) is 0. The van der Waals surface area contributed by atoms with Gasteiger partial charge in [0.1, 0.15) is 0 Å². The van der Waals surface area contributed by atoms with Gasteiger partial charge in [-0.3, -0.25) is 0 Å². The Hall–Kier alpha value is -0.0800. The van der Waals surface area contributed by atoms with Gasteiger partial charge < -0.3 is 10.4 Å². The van der Waals surface area contributed by atoms with E-state index in [1.54, 1.807) is 0 Å². The summed E-state index contributed by atoms with van der Waals surface area (Å²) < 4.78 is 0. The molecule has 0 aromatic carbocycles. The van der Waals surface area contributed by atoms with E-state index >= 15 is 0 Å². The molecule has 0 aliphatic heterocycles. The van der Waals surface area contributed by atoms with E-state index in [0.29, 0.717) is 6.04 Å². The molecule has 0 aromatic rings. The van der Waals surface area contributed by atoms with Crippen LogP contribution in [0, 0.1) is 0 Å². The minimum Gasteiger partial charge on any atom is -0.393 e. The standard InChI is InChI=1S/C9H21NO/c1-4-5-6-10-8(2)7-9(3)11/h8-11H,4-7H2,1-3H3. The van der Waals surface area contributed by atoms with Gasteiger partial charge in [-0.05, 0) is 33.2 Å². The van der Waals surface area contributed by atoms with Gasteiger partial charge in [-0.1, -0.05) is 13.3 Å². The van der Waals surface area contributed by atoms with Crippen molar-refractivity contribution in [2.75, 3.05) is 6.54 Å². The molecule has 0 aliphatic carbocycles. The zero-order valence-electron chi connectivity index (χ0n) is 7.93. The van der Waals surface area contributed by atoms with E-state index in [-0.39, 0.29) is 6.10 Å². The first-order valence-electron chi connectivity index (χ1n) is 4.58. The molecule has 0 bridgehead atoms. The summed E-state index contributed by atoms with van der Waals surface area (Å²) in [5.74, 6) is 0. The molecule has 0 fully saturated rings. The Bertz CT molecular complexity index is 83.6. The molecule has 0 radical (unpaired) electrons. The van der Waals surface area contributed by atoms with Crippen molar-refractivity contribution in [2.45, 2.75) is 52.2 Å². The second-order valence-electron chi connectivity index (χ2n) is 3.29. The van der Waals surface area contributed by atoms with E-state index in [0.717, 1.165) is 13.0 Å². The van der Waals surface area contributed by atoms with Crippen LogP contribution in [-0.4, -0.2) is 23.8 Å². The summed E-state index contributed by atoms with van der Waals surface area (Å²) in [5, 5.41) is 12.4. The Kier molecular flexibility index (Phi) is 6.57. The maximum Gasteiger partial charge on any atom is 0.0526 e. The first-order chi connectivity index (χ1) is 5.16. The minimum atomic E-state index is -0.181. The van der Waals surface area contributed by atoms with Crippen LogP contribution in [0.3, 0.4) is 0 Å². The number of aliphatic hydroxyl groups excluding tert-OH is 1. The molecule has 2 nitrogen and oxygen atoms in total. The third kappa shape index (κ3) is 7.82. The van der Waals surface area contributed by atoms with E-state index < -0.39 is 0 Å². The zero-order valence-corrected chi connectivity index (χ0v) is 7.93. The molecule has 2 N–H and O–H groups in total. The van der Waals surface area contributed by atoms with Crippen LogP contribution in [0.15, 0.2) is 0 Å². The highest BCUT2D eigenvalue weighted by atomic mass is 16.3. The van der Waals surface area contributed by atoms with Gasteiger partial charge in [0.05, 0.1) is 6.10 Å². The molecule has 2 unspecified atom stereocenters. The molecule has 0 rings (SSSR count). The summed E-state index contributed by atoms with van der Waals surface area (Å²) in [5.41, 5.74) is 0. The molecule has 2 heteroatoms. The lowest BCUT2D eigenvalue weighted by atomic mass is 10.1. The fraction of sp³-hybridized carbons (Fsp3) is 1.00. The number of nitrogens with one attached hydrogen (secondary N) is 1. The van der Waals surface area contributed by atoms with Crippen LogP contribution in [0.5, 0.6) is 0 Å². The highest BCUT2D eigenvalue weighted by Gasteiger charge is 2.03. The predicted molar refractivity (Wildman–Crippen MR) is 48.7 cm³/mol. The van der Waals surface area contributed by atoms with Gasteiger partial charge >= 0.3 is 0 Å². The van der Waals surface area contributed by atoms with Crippen molar-refractivity contribution in [3.63, 3.8) is 0 Å². The smallest absolute Gasteiger partial charge is 0.0526 e. The average molecular weight is 159 g/mol. The van der Waals surface area contributed by atoms with Crippen LogP contribution in [0.2, 0.25) is 0 Å². The highest BCUT2D eigenvalue weighted by Crippen LogP contribution is 1.96. The molecule has 0 saturated heterocycles. The van der Waals surface area contributed by atoms with Gasteiger partial charge in [-0.2, -0.15) is 0 Å². The summed E-state index contributed by atoms with van der Waals surface area (Å²) in [4.78, 5) is 0. The van der Waals surface area contributed by atoms with Crippen molar-refractivity contribution < 1.29 is 5.11 Å². The van der Waals surface area contributed by atoms with Crippen molar-refractivity contribution in [3.8, 4) is 0 Å². The maximum atomic E-state index is 9.04. The second kappa shape index (κ2) is 6.62. The van der Waals surface area contributed by atoms with Crippen molar-refractivity contribution in [1.29, 1.82) is 0 Å². The molecule has 11 heavy (non-hydrogen) atoms. The van der Waals surface area contributed by atoms with Crippen LogP contribution < -0.4 is 5.32 Å². The monoisotopic (exact) mass is 159 g/mol. The zero-order chi connectivity index (χ0) is 8.69. The van der Waals surface area contributed by atoms with E-state index in [1.807, 2.05) is 6.92 Å². The van der Waals surface area contributed by atoms with Gasteiger partial charge in [0, 0.05) is 6.04 Å². The van der Waals surface area contributed by atoms with E-state index in [1.165, 1.54) is 12.8 Å². The molecule has 0 aliphatic rings. The number of aliphatic hydroxyl groups is 1. The average Bonchev–Trinajstić information content (AvgIpc) is 1.86. The van der Waals surface area contributed by atoms with Crippen molar-refractivity contribution in [2.24, 2.45) is 0 Å². The Morgan fingerprint density at radius 2 is 2.00 bits per heavy atom. The van der Waals surface area contributed by atoms with Crippen LogP contribution >= 0.6 is 0 Å². The predicted octanol–water partition coefficient (Wildman–Crippen LogP) is 1.54. The Morgan fingerprint density at radius 3 is 2.45 bits per heavy atom. The Balaban J connectivity index is 3.15. The SMILES string of the molecule is CCCCNC(C)CC(C)O. The lowest BCUT2D eigenvalue weighted by Crippen LogP contribution is -2.29. The summed E-state index contributed by atoms with van der Waals surface area (Å²) in [6, 6.07) is 0.446. The quantitative estimate of drug-likeness (QED) is 0.576. The second-order valence-corrected chi connectivity index (χ2v) is 3.29. The number of hydrogen-bond donors (Lipinski definition) is 2. The van der Waals surface area contributed by atoms with Crippen LogP contribution in [0.4, 0.5) is 0 Å². The molecule has 0 spiro atoms. The molecular formula is C9H21NO. The summed E-state index contributed by atoms with van der Waals surface area (Å²) >= 11 is 0. The van der Waals surface area contributed by atoms with Crippen LogP contribution in [0.25, 0.3) is 0 Å². The lowest BCUT2D eigenvalue weighted by Gasteiger charge is -2.14. The Morgan fingerprint density at radius 1 is 1.36 bits per heavy atom. The molecular weight excluding hydrogens is 138 g/mol. The maximum absolute atomic E-state index is 9.04. The third-order valence-electron chi connectivity index (χ3n) is 1.72. The molecule has 0 saturated carbocycles. The fourth-order valence-corrected chi connectivity index (χ4v) is 1.12. The van der Waals surface area contributed by atoms with Crippen molar-refractivity contribution >= 4 is 0 Å².